The maximum atomic E-state index is 11.7. The summed E-state index contributed by atoms with van der Waals surface area (Å²) in [5.74, 6) is -0.549. The van der Waals surface area contributed by atoms with Crippen molar-refractivity contribution >= 4 is 41.3 Å². The van der Waals surface area contributed by atoms with Crippen molar-refractivity contribution in [1.82, 2.24) is 0 Å². The van der Waals surface area contributed by atoms with E-state index in [-0.39, 0.29) is 11.9 Å². The maximum absolute atomic E-state index is 11.7. The van der Waals surface area contributed by atoms with Crippen LogP contribution in [-0.2, 0) is 19.1 Å². The summed E-state index contributed by atoms with van der Waals surface area (Å²) in [7, 11) is -3.78. The quantitative estimate of drug-likeness (QED) is 0.210. The van der Waals surface area contributed by atoms with Crippen molar-refractivity contribution in [3.63, 3.8) is 0 Å². The van der Waals surface area contributed by atoms with Gasteiger partial charge in [0.2, 0.25) is 0 Å². The molecule has 0 aliphatic carbocycles. The summed E-state index contributed by atoms with van der Waals surface area (Å²) < 4.78 is 10.5. The highest BCUT2D eigenvalue weighted by Gasteiger charge is 2.60. The molecule has 0 aromatic rings. The van der Waals surface area contributed by atoms with E-state index in [1.54, 1.807) is 13.8 Å². The van der Waals surface area contributed by atoms with Gasteiger partial charge in [0, 0.05) is 40.5 Å². The summed E-state index contributed by atoms with van der Waals surface area (Å²) in [6.07, 6.45) is 0. The second-order valence-electron chi connectivity index (χ2n) is 12.6. The molecule has 0 heterocycles. The normalized spacial score (nSPS) is 13.0. The molecule has 0 saturated heterocycles. The van der Waals surface area contributed by atoms with E-state index in [2.05, 4.69) is 72.1 Å². The highest BCUT2D eigenvalue weighted by Crippen LogP contribution is 2.39. The van der Waals surface area contributed by atoms with Crippen LogP contribution in [0.2, 0.25) is 65.0 Å². The summed E-state index contributed by atoms with van der Waals surface area (Å²) in [6.45, 7) is 38.3. The van der Waals surface area contributed by atoms with Crippen molar-refractivity contribution in [1.29, 1.82) is 0 Å². The zero-order valence-electron chi connectivity index (χ0n) is 23.0. The topological polar surface area (TPSA) is 52.6 Å². The van der Waals surface area contributed by atoms with Crippen LogP contribution in [0.5, 0.6) is 0 Å². The second kappa shape index (κ2) is 11.4. The lowest BCUT2D eigenvalue weighted by Gasteiger charge is -2.57. The first-order chi connectivity index (χ1) is 13.4. The molecule has 0 aromatic heterocycles. The van der Waals surface area contributed by atoms with Gasteiger partial charge in [-0.05, 0) is 40.7 Å². The van der Waals surface area contributed by atoms with Crippen LogP contribution >= 0.6 is 0 Å². The Bertz CT molecular complexity index is 621. The van der Waals surface area contributed by atoms with E-state index in [0.717, 1.165) is 0 Å². The third kappa shape index (κ3) is 10.2. The molecule has 0 atom stereocenters. The first-order valence-electron chi connectivity index (χ1n) is 11.1. The van der Waals surface area contributed by atoms with Crippen molar-refractivity contribution in [3.8, 4) is 0 Å². The van der Waals surface area contributed by atoms with Gasteiger partial charge >= 0.3 is 11.9 Å². The Morgan fingerprint density at radius 1 is 0.710 bits per heavy atom. The van der Waals surface area contributed by atoms with E-state index < -0.39 is 35.0 Å². The third-order valence-corrected chi connectivity index (χ3v) is 80.1. The molecule has 182 valence electrons. The molecule has 0 bridgehead atoms. The minimum Gasteiger partial charge on any atom is -0.463 e. The number of rotatable bonds is 8. The van der Waals surface area contributed by atoms with Crippen LogP contribution in [0.25, 0.3) is 0 Å². The molecule has 0 aliphatic rings. The smallest absolute Gasteiger partial charge is 0.333 e. The number of hydrogen-bond donors (Lipinski definition) is 0. The van der Waals surface area contributed by atoms with Crippen molar-refractivity contribution in [2.45, 2.75) is 105 Å². The zero-order valence-corrected chi connectivity index (χ0v) is 27.0. The van der Waals surface area contributed by atoms with Gasteiger partial charge in [-0.25, -0.2) is 9.59 Å². The Morgan fingerprint density at radius 2 is 1.03 bits per heavy atom. The van der Waals surface area contributed by atoms with Crippen LogP contribution in [0.15, 0.2) is 24.3 Å². The largest absolute Gasteiger partial charge is 0.463 e. The summed E-state index contributed by atoms with van der Waals surface area (Å²) in [5.41, 5.74) is 0.543. The molecule has 0 rings (SSSR count). The average Bonchev–Trinajstić information content (AvgIpc) is 2.45. The predicted molar refractivity (Wildman–Crippen MR) is 147 cm³/mol. The van der Waals surface area contributed by atoms with E-state index in [9.17, 15) is 9.59 Å². The number of carbonyl (C=O) groups is 2. The molecule has 0 fully saturated rings. The molecule has 0 N–H and O–H groups in total. The number of carbonyl (C=O) groups excluding carboxylic acids is 2. The van der Waals surface area contributed by atoms with E-state index in [1.807, 2.05) is 20.8 Å². The first kappa shape index (κ1) is 32.5. The molecule has 4 nitrogen and oxygen atoms in total. The Balaban J connectivity index is 0. The van der Waals surface area contributed by atoms with Gasteiger partial charge in [-0.3, -0.25) is 0 Å². The lowest BCUT2D eigenvalue weighted by Crippen LogP contribution is -2.82. The van der Waals surface area contributed by atoms with Crippen molar-refractivity contribution in [3.05, 3.63) is 24.3 Å². The van der Waals surface area contributed by atoms with E-state index >= 15 is 0 Å². The van der Waals surface area contributed by atoms with E-state index in [1.165, 1.54) is 6.04 Å². The highest BCUT2D eigenvalue weighted by molar-refractivity contribution is 7.89. The molecule has 0 amide bonds. The fraction of sp³-hybridized carbons (Fsp3) is 0.739. The number of ether oxygens (including phenoxy) is 2. The second-order valence-corrected chi connectivity index (χ2v) is 54.1. The first-order valence-corrected chi connectivity index (χ1v) is 26.8. The minimum atomic E-state index is -1.39. The molecule has 0 aromatic carbocycles. The molecule has 8 heteroatoms. The van der Waals surface area contributed by atoms with E-state index in [0.29, 0.717) is 17.8 Å². The Kier molecular flexibility index (Phi) is 12.0. The lowest BCUT2D eigenvalue weighted by atomic mass is 10.2. The van der Waals surface area contributed by atoms with E-state index in [4.69, 9.17) is 9.47 Å². The molecule has 0 radical (unpaired) electrons. The molecule has 0 aliphatic heterocycles. The van der Waals surface area contributed by atoms with Gasteiger partial charge in [0.15, 0.2) is 0 Å². The summed E-state index contributed by atoms with van der Waals surface area (Å²) in [6, 6.07) is 1.17. The van der Waals surface area contributed by atoms with Crippen LogP contribution in [-0.4, -0.2) is 53.5 Å². The number of hydrogen-bond acceptors (Lipinski definition) is 4. The summed E-state index contributed by atoms with van der Waals surface area (Å²) >= 11 is 0. The number of esters is 2. The van der Waals surface area contributed by atoms with Gasteiger partial charge in [0.05, 0.1) is 6.61 Å². The molecular formula is C23H50O4Si4. The van der Waals surface area contributed by atoms with Crippen molar-refractivity contribution in [2.24, 2.45) is 0 Å². The zero-order chi connectivity index (χ0) is 25.6. The molecule has 31 heavy (non-hydrogen) atoms. The minimum absolute atomic E-state index is 0.223. The van der Waals surface area contributed by atoms with Gasteiger partial charge in [-0.2, -0.15) is 0 Å². The predicted octanol–water partition coefficient (Wildman–Crippen LogP) is 6.71. The van der Waals surface area contributed by atoms with Gasteiger partial charge < -0.3 is 9.47 Å². The van der Waals surface area contributed by atoms with Crippen LogP contribution in [0.1, 0.15) is 34.6 Å². The third-order valence-electron chi connectivity index (χ3n) is 5.65. The molecule has 0 spiro atoms. The highest BCUT2D eigenvalue weighted by atomic mass is 29.9. The summed E-state index contributed by atoms with van der Waals surface area (Å²) in [5, 5.41) is 0. The van der Waals surface area contributed by atoms with Crippen molar-refractivity contribution < 1.29 is 19.1 Å². The average molecular weight is 503 g/mol. The van der Waals surface area contributed by atoms with Crippen LogP contribution in [0, 0.1) is 0 Å². The standard InChI is InChI=1S/C15H36O2Si4.C8H14O2/c1-14(2)15(16)17-12-13-21(18(3,4)5,19(6,7)8)20(9,10)11;1-6(2)7(9)10-8(3,4)5/h1,12-13H2,2-11H3;1H2,2-5H3. The Hall–Kier alpha value is -0.712. The van der Waals surface area contributed by atoms with Gasteiger partial charge in [0.1, 0.15) is 5.60 Å². The maximum Gasteiger partial charge on any atom is 0.333 e. The Morgan fingerprint density at radius 3 is 1.23 bits per heavy atom. The monoisotopic (exact) mass is 502 g/mol. The Labute approximate surface area is 196 Å². The summed E-state index contributed by atoms with van der Waals surface area (Å²) in [4.78, 5) is 22.5. The fourth-order valence-electron chi connectivity index (χ4n) is 5.29. The molecular weight excluding hydrogens is 453 g/mol. The molecule has 0 saturated carbocycles. The lowest BCUT2D eigenvalue weighted by molar-refractivity contribution is -0.149. The van der Waals surface area contributed by atoms with Crippen LogP contribution in [0.3, 0.4) is 0 Å². The van der Waals surface area contributed by atoms with Crippen molar-refractivity contribution in [2.75, 3.05) is 6.61 Å². The SMILES string of the molecule is C=C(C)C(=O)OC(C)(C)C.C=C(C)C(=O)OCC[Si]([Si](C)(C)C)([Si](C)(C)C)[Si](C)(C)C. The van der Waals surface area contributed by atoms with Gasteiger partial charge in [0.25, 0.3) is 0 Å². The molecule has 0 unspecified atom stereocenters. The van der Waals surface area contributed by atoms with Crippen LogP contribution < -0.4 is 0 Å². The van der Waals surface area contributed by atoms with Gasteiger partial charge in [-0.15, -0.1) is 0 Å². The fourth-order valence-corrected chi connectivity index (χ4v) is 103. The van der Waals surface area contributed by atoms with Gasteiger partial charge in [-0.1, -0.05) is 72.1 Å². The van der Waals surface area contributed by atoms with Crippen LogP contribution in [0.4, 0.5) is 0 Å².